The van der Waals surface area contributed by atoms with Gasteiger partial charge in [0.2, 0.25) is 5.91 Å². The number of nitrogens with one attached hydrogen (secondary N) is 2. The molecule has 0 radical (unpaired) electrons. The van der Waals surface area contributed by atoms with Crippen LogP contribution in [0.5, 0.6) is 0 Å². The van der Waals surface area contributed by atoms with E-state index in [-0.39, 0.29) is 5.69 Å². The maximum Gasteiger partial charge on any atom is 0.422 e. The fourth-order valence-corrected chi connectivity index (χ4v) is 2.59. The van der Waals surface area contributed by atoms with Gasteiger partial charge in [-0.1, -0.05) is 0 Å². The molecule has 156 valence electrons. The molecule has 1 saturated heterocycles. The Morgan fingerprint density at radius 3 is 2.29 bits per heavy atom. The van der Waals surface area contributed by atoms with Crippen molar-refractivity contribution >= 4 is 23.4 Å². The first-order chi connectivity index (χ1) is 13.0. The molecule has 0 spiro atoms. The van der Waals surface area contributed by atoms with E-state index in [1.807, 2.05) is 0 Å². The van der Waals surface area contributed by atoms with Crippen molar-refractivity contribution in [3.63, 3.8) is 0 Å². The van der Waals surface area contributed by atoms with Crippen molar-refractivity contribution in [3.8, 4) is 0 Å². The van der Waals surface area contributed by atoms with E-state index in [4.69, 9.17) is 0 Å². The standard InChI is InChI=1S/C16H17F6N3O3/c17-15(18,19)9-28-14(27)23-8-13(26)24-11-7-10(16(20,21)22)3-4-12(11)25-5-1-2-6-25/h3-4,7H,1-2,5-6,8-9H2,(H,23,27)(H,24,26). The zero-order valence-corrected chi connectivity index (χ0v) is 14.4. The Morgan fingerprint density at radius 1 is 1.07 bits per heavy atom. The van der Waals surface area contributed by atoms with Crippen molar-refractivity contribution in [1.29, 1.82) is 0 Å². The van der Waals surface area contributed by atoms with Gasteiger partial charge in [-0.05, 0) is 31.0 Å². The van der Waals surface area contributed by atoms with E-state index < -0.39 is 43.1 Å². The van der Waals surface area contributed by atoms with Crippen LogP contribution >= 0.6 is 0 Å². The quantitative estimate of drug-likeness (QED) is 0.725. The van der Waals surface area contributed by atoms with Gasteiger partial charge in [0, 0.05) is 13.1 Å². The minimum Gasteiger partial charge on any atom is -0.440 e. The van der Waals surface area contributed by atoms with Crippen LogP contribution in [0.3, 0.4) is 0 Å². The number of ether oxygens (including phenoxy) is 1. The zero-order valence-electron chi connectivity index (χ0n) is 14.4. The molecule has 28 heavy (non-hydrogen) atoms. The Balaban J connectivity index is 2.04. The summed E-state index contributed by atoms with van der Waals surface area (Å²) in [6.45, 7) is -1.38. The highest BCUT2D eigenvalue weighted by Crippen LogP contribution is 2.36. The van der Waals surface area contributed by atoms with Gasteiger partial charge >= 0.3 is 18.4 Å². The van der Waals surface area contributed by atoms with Crippen LogP contribution in [0.1, 0.15) is 18.4 Å². The molecule has 6 nitrogen and oxygen atoms in total. The van der Waals surface area contributed by atoms with E-state index in [0.717, 1.165) is 25.0 Å². The van der Waals surface area contributed by atoms with E-state index in [1.54, 1.807) is 10.2 Å². The summed E-state index contributed by atoms with van der Waals surface area (Å²) in [4.78, 5) is 24.9. The first-order valence-electron chi connectivity index (χ1n) is 8.19. The molecule has 1 aliphatic rings. The van der Waals surface area contributed by atoms with E-state index in [0.29, 0.717) is 18.8 Å². The first-order valence-corrected chi connectivity index (χ1v) is 8.19. The third-order valence-electron chi connectivity index (χ3n) is 3.80. The molecule has 2 N–H and O–H groups in total. The maximum absolute atomic E-state index is 13.0. The summed E-state index contributed by atoms with van der Waals surface area (Å²) in [5.74, 6) is -0.913. The number of alkyl halides is 6. The largest absolute Gasteiger partial charge is 0.440 e. The molecule has 2 rings (SSSR count). The van der Waals surface area contributed by atoms with Crippen LogP contribution in [0, 0.1) is 0 Å². The molecule has 0 saturated carbocycles. The molecule has 1 aliphatic heterocycles. The Bertz CT molecular complexity index is 715. The lowest BCUT2D eigenvalue weighted by atomic mass is 10.1. The van der Waals surface area contributed by atoms with Crippen LogP contribution < -0.4 is 15.5 Å². The van der Waals surface area contributed by atoms with Gasteiger partial charge in [0.25, 0.3) is 0 Å². The Labute approximate surface area is 155 Å². The summed E-state index contributed by atoms with van der Waals surface area (Å²) in [6.07, 6.45) is -9.12. The number of benzene rings is 1. The minimum atomic E-state index is -4.72. The molecule has 0 atom stereocenters. The normalized spacial score (nSPS) is 14.7. The summed E-state index contributed by atoms with van der Waals surface area (Å²) in [6, 6.07) is 2.92. The highest BCUT2D eigenvalue weighted by molar-refractivity contribution is 5.97. The second-order valence-corrected chi connectivity index (χ2v) is 6.02. The molecule has 2 amide bonds. The monoisotopic (exact) mass is 413 g/mol. The Kier molecular flexibility index (Phi) is 6.62. The van der Waals surface area contributed by atoms with Gasteiger partial charge in [-0.3, -0.25) is 4.79 Å². The lowest BCUT2D eigenvalue weighted by Crippen LogP contribution is -2.35. The molecule has 0 aromatic heterocycles. The highest BCUT2D eigenvalue weighted by atomic mass is 19.4. The Morgan fingerprint density at radius 2 is 1.71 bits per heavy atom. The van der Waals surface area contributed by atoms with Crippen molar-refractivity contribution in [2.24, 2.45) is 0 Å². The minimum absolute atomic E-state index is 0.104. The fourth-order valence-electron chi connectivity index (χ4n) is 2.59. The number of alkyl carbamates (subject to hydrolysis) is 1. The molecule has 1 heterocycles. The molecule has 12 heteroatoms. The number of amides is 2. The third-order valence-corrected chi connectivity index (χ3v) is 3.80. The summed E-state index contributed by atoms with van der Waals surface area (Å²) in [7, 11) is 0. The van der Waals surface area contributed by atoms with Crippen molar-refractivity contribution in [1.82, 2.24) is 5.32 Å². The van der Waals surface area contributed by atoms with Gasteiger partial charge in [0.15, 0.2) is 6.61 Å². The summed E-state index contributed by atoms with van der Waals surface area (Å²) < 4.78 is 78.6. The van der Waals surface area contributed by atoms with Crippen LogP contribution in [-0.4, -0.2) is 44.4 Å². The summed E-state index contributed by atoms with van der Waals surface area (Å²) >= 11 is 0. The predicted octanol–water partition coefficient (Wildman–Crippen LogP) is 3.53. The van der Waals surface area contributed by atoms with Crippen molar-refractivity contribution in [2.45, 2.75) is 25.2 Å². The number of rotatable bonds is 5. The number of carbonyl (C=O) groups excluding carboxylic acids is 2. The molecular formula is C16H17F6N3O3. The van der Waals surface area contributed by atoms with Crippen LogP contribution in [0.2, 0.25) is 0 Å². The molecule has 0 unspecified atom stereocenters. The third kappa shape index (κ3) is 6.50. The molecule has 0 bridgehead atoms. The summed E-state index contributed by atoms with van der Waals surface area (Å²) in [5.41, 5.74) is -0.686. The van der Waals surface area contributed by atoms with Crippen molar-refractivity contribution in [2.75, 3.05) is 36.5 Å². The van der Waals surface area contributed by atoms with Crippen molar-refractivity contribution < 1.29 is 40.7 Å². The smallest absolute Gasteiger partial charge is 0.422 e. The van der Waals surface area contributed by atoms with Gasteiger partial charge in [0.1, 0.15) is 6.54 Å². The Hall–Kier alpha value is -2.66. The van der Waals surface area contributed by atoms with Gasteiger partial charge in [0.05, 0.1) is 16.9 Å². The molecule has 0 aliphatic carbocycles. The molecule has 1 aromatic rings. The predicted molar refractivity (Wildman–Crippen MR) is 86.9 cm³/mol. The highest BCUT2D eigenvalue weighted by Gasteiger charge is 2.32. The van der Waals surface area contributed by atoms with E-state index in [9.17, 15) is 35.9 Å². The average Bonchev–Trinajstić information content (AvgIpc) is 3.11. The molecular weight excluding hydrogens is 396 g/mol. The lowest BCUT2D eigenvalue weighted by molar-refractivity contribution is -0.160. The number of hydrogen-bond donors (Lipinski definition) is 2. The van der Waals surface area contributed by atoms with Crippen LogP contribution in [0.4, 0.5) is 42.5 Å². The van der Waals surface area contributed by atoms with Gasteiger partial charge < -0.3 is 20.3 Å². The van der Waals surface area contributed by atoms with E-state index in [1.165, 1.54) is 6.07 Å². The zero-order chi connectivity index (χ0) is 20.9. The maximum atomic E-state index is 13.0. The molecule has 1 fully saturated rings. The van der Waals surface area contributed by atoms with Gasteiger partial charge in [-0.25, -0.2) is 4.79 Å². The van der Waals surface area contributed by atoms with E-state index >= 15 is 0 Å². The fraction of sp³-hybridized carbons (Fsp3) is 0.500. The number of halogens is 6. The SMILES string of the molecule is O=C(CNC(=O)OCC(F)(F)F)Nc1cc(C(F)(F)F)ccc1N1CCCC1. The number of anilines is 2. The lowest BCUT2D eigenvalue weighted by Gasteiger charge is -2.23. The first kappa shape index (κ1) is 21.6. The second kappa shape index (κ2) is 8.57. The average molecular weight is 413 g/mol. The number of hydrogen-bond acceptors (Lipinski definition) is 4. The number of nitrogens with zero attached hydrogens (tertiary/aromatic N) is 1. The topological polar surface area (TPSA) is 70.7 Å². The summed E-state index contributed by atoms with van der Waals surface area (Å²) in [5, 5.41) is 4.05. The van der Waals surface area contributed by atoms with Crippen LogP contribution in [-0.2, 0) is 15.7 Å². The van der Waals surface area contributed by atoms with Crippen molar-refractivity contribution in [3.05, 3.63) is 23.8 Å². The van der Waals surface area contributed by atoms with E-state index in [2.05, 4.69) is 10.1 Å². The van der Waals surface area contributed by atoms with Crippen LogP contribution in [0.25, 0.3) is 0 Å². The van der Waals surface area contributed by atoms with Crippen LogP contribution in [0.15, 0.2) is 18.2 Å². The van der Waals surface area contributed by atoms with Gasteiger partial charge in [-0.2, -0.15) is 26.3 Å². The van der Waals surface area contributed by atoms with Gasteiger partial charge in [-0.15, -0.1) is 0 Å². The molecule has 1 aromatic carbocycles. The second-order valence-electron chi connectivity index (χ2n) is 6.02. The number of carbonyl (C=O) groups is 2.